The zero-order chi connectivity index (χ0) is 39.8. The summed E-state index contributed by atoms with van der Waals surface area (Å²) in [7, 11) is 0. The number of aromatic nitrogens is 2. The molecule has 2 heterocycles. The van der Waals surface area contributed by atoms with Gasteiger partial charge in [0.05, 0.1) is 24.2 Å². The minimum atomic E-state index is -1.12. The van der Waals surface area contributed by atoms with Crippen LogP contribution >= 0.6 is 0 Å². The van der Waals surface area contributed by atoms with Gasteiger partial charge in [-0.1, -0.05) is 53.4 Å². The second kappa shape index (κ2) is 18.1. The third kappa shape index (κ3) is 11.9. The summed E-state index contributed by atoms with van der Waals surface area (Å²) in [6.07, 6.45) is 10.0. The quantitative estimate of drug-likeness (QED) is 0.174. The normalized spacial score (nSPS) is 20.8. The van der Waals surface area contributed by atoms with Crippen molar-refractivity contribution >= 4 is 41.4 Å². The average Bonchev–Trinajstić information content (AvgIpc) is 3.83. The van der Waals surface area contributed by atoms with E-state index in [9.17, 15) is 33.6 Å². The van der Waals surface area contributed by atoms with E-state index in [0.29, 0.717) is 19.3 Å². The molecule has 1 aliphatic heterocycles. The summed E-state index contributed by atoms with van der Waals surface area (Å²) in [4.78, 5) is 104. The van der Waals surface area contributed by atoms with Crippen molar-refractivity contribution in [3.05, 3.63) is 24.3 Å². The van der Waals surface area contributed by atoms with Crippen LogP contribution in [0.4, 0.5) is 4.79 Å². The lowest BCUT2D eigenvalue weighted by Gasteiger charge is -2.35. The molecule has 0 aromatic carbocycles. The minimum absolute atomic E-state index is 0.0418. The van der Waals surface area contributed by atoms with Gasteiger partial charge in [-0.25, -0.2) is 9.78 Å². The predicted octanol–water partition coefficient (Wildman–Crippen LogP) is 2.17. The van der Waals surface area contributed by atoms with Crippen LogP contribution in [0.2, 0.25) is 0 Å². The standard InChI is InChI=1S/C38H58N8O8/c1-8-12-25(29(47)34(51)41-23-15-16-23)42-31(48)24-20-46(36(53)54-38(5,6)7)21-27(24)43-35(52)30(37(2,3)4)45-33(50)28(22-13-10-9-11-14-22)44-32(49)26-19-39-17-18-40-26/h17-19,22-25,27-28,30H,8-16,20-21H2,1-7H3,(H,41,51)(H,42,48)(H,43,52)(H,44,49)(H,45,50)/t24?,25?,27-,28-,30?/m0/s1. The van der Waals surface area contributed by atoms with Crippen LogP contribution in [-0.4, -0.2) is 105 Å². The lowest BCUT2D eigenvalue weighted by atomic mass is 9.82. The smallest absolute Gasteiger partial charge is 0.410 e. The molecule has 54 heavy (non-hydrogen) atoms. The van der Waals surface area contributed by atoms with Crippen molar-refractivity contribution in [3.63, 3.8) is 0 Å². The second-order valence-corrected chi connectivity index (χ2v) is 16.8. The molecule has 1 aromatic heterocycles. The molecule has 1 saturated heterocycles. The summed E-state index contributed by atoms with van der Waals surface area (Å²) in [6.45, 7) is 12.1. The Kier molecular flexibility index (Phi) is 14.1. The number of ether oxygens (including phenoxy) is 1. The van der Waals surface area contributed by atoms with Crippen molar-refractivity contribution in [2.24, 2.45) is 17.3 Å². The monoisotopic (exact) mass is 754 g/mol. The van der Waals surface area contributed by atoms with Crippen molar-refractivity contribution < 1.29 is 38.3 Å². The van der Waals surface area contributed by atoms with Crippen LogP contribution in [0.5, 0.6) is 0 Å². The molecule has 298 valence electrons. The Labute approximate surface area is 317 Å². The Morgan fingerprint density at radius 1 is 0.852 bits per heavy atom. The summed E-state index contributed by atoms with van der Waals surface area (Å²) in [5.74, 6) is -5.00. The zero-order valence-corrected chi connectivity index (χ0v) is 32.7. The van der Waals surface area contributed by atoms with Crippen molar-refractivity contribution in [1.29, 1.82) is 0 Å². The third-order valence-corrected chi connectivity index (χ3v) is 9.88. The number of Topliss-reactive ketones (excluding diaryl/α,β-unsaturated/α-hetero) is 1. The van der Waals surface area contributed by atoms with E-state index in [0.717, 1.165) is 32.1 Å². The van der Waals surface area contributed by atoms with Crippen LogP contribution in [-0.2, 0) is 28.7 Å². The Balaban J connectivity index is 1.55. The lowest BCUT2D eigenvalue weighted by molar-refractivity contribution is -0.140. The molecule has 0 spiro atoms. The van der Waals surface area contributed by atoms with Crippen LogP contribution in [0, 0.1) is 17.3 Å². The van der Waals surface area contributed by atoms with Gasteiger partial charge in [0.15, 0.2) is 0 Å². The van der Waals surface area contributed by atoms with Gasteiger partial charge < -0.3 is 36.2 Å². The summed E-state index contributed by atoms with van der Waals surface area (Å²) in [5.41, 5.74) is -1.61. The molecule has 5 N–H and O–H groups in total. The molecule has 3 aliphatic rings. The van der Waals surface area contributed by atoms with E-state index in [1.54, 1.807) is 41.5 Å². The van der Waals surface area contributed by atoms with Crippen LogP contribution < -0.4 is 26.6 Å². The molecule has 6 amide bonds. The van der Waals surface area contributed by atoms with Gasteiger partial charge in [-0.3, -0.25) is 33.8 Å². The summed E-state index contributed by atoms with van der Waals surface area (Å²) in [5, 5.41) is 14.0. The Morgan fingerprint density at radius 3 is 2.11 bits per heavy atom. The van der Waals surface area contributed by atoms with Crippen LogP contribution in [0.1, 0.15) is 117 Å². The molecule has 1 aromatic rings. The van der Waals surface area contributed by atoms with E-state index >= 15 is 0 Å². The molecule has 16 heteroatoms. The number of nitrogens with zero attached hydrogens (tertiary/aromatic N) is 3. The highest BCUT2D eigenvalue weighted by Gasteiger charge is 2.45. The SMILES string of the molecule is CCCC(NC(=O)C1CN(C(=O)OC(C)(C)C)C[C@@H]1NC(=O)C(NC(=O)[C@@H](NC(=O)c1cnccn1)C1CCCCC1)C(C)(C)C)C(=O)C(=O)NC1CC1. The van der Waals surface area contributed by atoms with Crippen molar-refractivity contribution in [2.75, 3.05) is 13.1 Å². The highest BCUT2D eigenvalue weighted by molar-refractivity contribution is 6.38. The first-order chi connectivity index (χ1) is 25.4. The zero-order valence-electron chi connectivity index (χ0n) is 32.7. The first-order valence-corrected chi connectivity index (χ1v) is 19.2. The predicted molar refractivity (Wildman–Crippen MR) is 197 cm³/mol. The summed E-state index contributed by atoms with van der Waals surface area (Å²) >= 11 is 0. The van der Waals surface area contributed by atoms with Gasteiger partial charge in [0.1, 0.15) is 23.4 Å². The van der Waals surface area contributed by atoms with E-state index in [2.05, 4.69) is 36.6 Å². The van der Waals surface area contributed by atoms with Crippen LogP contribution in [0.15, 0.2) is 18.6 Å². The topological polar surface area (TPSA) is 218 Å². The number of carbonyl (C=O) groups excluding carboxylic acids is 7. The highest BCUT2D eigenvalue weighted by Crippen LogP contribution is 2.29. The number of likely N-dealkylation sites (tertiary alicyclic amines) is 1. The van der Waals surface area contributed by atoms with E-state index < -0.39 is 82.5 Å². The molecule has 0 radical (unpaired) electrons. The molecule has 4 rings (SSSR count). The average molecular weight is 755 g/mol. The van der Waals surface area contributed by atoms with Crippen molar-refractivity contribution in [2.45, 2.75) is 142 Å². The van der Waals surface area contributed by atoms with Gasteiger partial charge in [-0.05, 0) is 64.2 Å². The molecular weight excluding hydrogens is 696 g/mol. The Hall–Kier alpha value is -4.63. The number of carbonyl (C=O) groups is 7. The van der Waals surface area contributed by atoms with Gasteiger partial charge in [-0.2, -0.15) is 0 Å². The van der Waals surface area contributed by atoms with E-state index in [4.69, 9.17) is 4.74 Å². The molecule has 16 nitrogen and oxygen atoms in total. The fraction of sp³-hybridized carbons (Fsp3) is 0.711. The van der Waals surface area contributed by atoms with Gasteiger partial charge >= 0.3 is 6.09 Å². The maximum absolute atomic E-state index is 14.2. The Morgan fingerprint density at radius 2 is 1.54 bits per heavy atom. The third-order valence-electron chi connectivity index (χ3n) is 9.88. The fourth-order valence-corrected chi connectivity index (χ4v) is 6.84. The number of ketones is 1. The second-order valence-electron chi connectivity index (χ2n) is 16.8. The maximum Gasteiger partial charge on any atom is 0.410 e. The molecule has 0 bridgehead atoms. The summed E-state index contributed by atoms with van der Waals surface area (Å²) < 4.78 is 5.57. The van der Waals surface area contributed by atoms with Gasteiger partial charge in [-0.15, -0.1) is 0 Å². The first-order valence-electron chi connectivity index (χ1n) is 19.2. The molecule has 3 unspecified atom stereocenters. The summed E-state index contributed by atoms with van der Waals surface area (Å²) in [6, 6.07) is -4.14. The fourth-order valence-electron chi connectivity index (χ4n) is 6.84. The number of hydrogen-bond donors (Lipinski definition) is 5. The highest BCUT2D eigenvalue weighted by atomic mass is 16.6. The van der Waals surface area contributed by atoms with Gasteiger partial charge in [0.25, 0.3) is 11.8 Å². The number of nitrogens with one attached hydrogen (secondary N) is 5. The van der Waals surface area contributed by atoms with Gasteiger partial charge in [0, 0.05) is 31.5 Å². The van der Waals surface area contributed by atoms with E-state index in [-0.39, 0.29) is 37.2 Å². The molecule has 2 saturated carbocycles. The first kappa shape index (κ1) is 42.1. The molecule has 2 aliphatic carbocycles. The maximum atomic E-state index is 14.2. The Bertz CT molecular complexity index is 1530. The van der Waals surface area contributed by atoms with Crippen molar-refractivity contribution in [3.8, 4) is 0 Å². The number of hydrogen-bond acceptors (Lipinski definition) is 10. The lowest BCUT2D eigenvalue weighted by Crippen LogP contribution is -2.61. The largest absolute Gasteiger partial charge is 0.444 e. The molecule has 3 fully saturated rings. The van der Waals surface area contributed by atoms with E-state index in [1.807, 2.05) is 6.92 Å². The number of rotatable bonds is 14. The molecule has 5 atom stereocenters. The van der Waals surface area contributed by atoms with Crippen LogP contribution in [0.25, 0.3) is 0 Å². The van der Waals surface area contributed by atoms with Gasteiger partial charge in [0.2, 0.25) is 23.5 Å². The number of amides is 6. The van der Waals surface area contributed by atoms with Crippen molar-refractivity contribution in [1.82, 2.24) is 41.5 Å². The molecular formula is C38H58N8O8. The minimum Gasteiger partial charge on any atom is -0.444 e. The van der Waals surface area contributed by atoms with Crippen LogP contribution in [0.3, 0.4) is 0 Å². The van der Waals surface area contributed by atoms with E-state index in [1.165, 1.54) is 23.5 Å².